The molecule has 1 amide bonds. The molecule has 0 aliphatic heterocycles. The Morgan fingerprint density at radius 2 is 2.12 bits per heavy atom. The molecule has 1 unspecified atom stereocenters. The predicted octanol–water partition coefficient (Wildman–Crippen LogP) is 0.106. The van der Waals surface area contributed by atoms with Crippen LogP contribution in [0.2, 0.25) is 0 Å². The van der Waals surface area contributed by atoms with E-state index >= 15 is 0 Å². The second-order valence-electron chi connectivity index (χ2n) is 3.57. The van der Waals surface area contributed by atoms with Crippen molar-refractivity contribution in [2.75, 3.05) is 47.0 Å². The van der Waals surface area contributed by atoms with Crippen LogP contribution in [0.15, 0.2) is 0 Å². The lowest BCUT2D eigenvalue weighted by Crippen LogP contribution is -2.39. The highest BCUT2D eigenvalue weighted by Crippen LogP contribution is 1.97. The van der Waals surface area contributed by atoms with E-state index in [1.807, 2.05) is 14.0 Å². The quantitative estimate of drug-likeness (QED) is 0.573. The Hall–Kier alpha value is -0.650. The van der Waals surface area contributed by atoms with Gasteiger partial charge in [-0.2, -0.15) is 0 Å². The van der Waals surface area contributed by atoms with Gasteiger partial charge in [0.2, 0.25) is 0 Å². The highest BCUT2D eigenvalue weighted by molar-refractivity contribution is 5.80. The summed E-state index contributed by atoms with van der Waals surface area (Å²) in [4.78, 5) is 13.4. The number of nitrogens with one attached hydrogen (secondary N) is 1. The van der Waals surface area contributed by atoms with Crippen molar-refractivity contribution >= 4 is 5.91 Å². The minimum absolute atomic E-state index is 0.00625. The van der Waals surface area contributed by atoms with Gasteiger partial charge in [0.1, 0.15) is 6.10 Å². The van der Waals surface area contributed by atoms with Crippen molar-refractivity contribution < 1.29 is 14.3 Å². The normalized spacial score (nSPS) is 12.5. The Morgan fingerprint density at radius 3 is 2.69 bits per heavy atom. The number of hydrogen-bond acceptors (Lipinski definition) is 4. The molecule has 5 heteroatoms. The minimum Gasteiger partial charge on any atom is -0.379 e. The Morgan fingerprint density at radius 1 is 1.44 bits per heavy atom. The van der Waals surface area contributed by atoms with E-state index in [9.17, 15) is 4.79 Å². The van der Waals surface area contributed by atoms with Crippen LogP contribution in [0.5, 0.6) is 0 Å². The number of ether oxygens (including phenoxy) is 2. The summed E-state index contributed by atoms with van der Waals surface area (Å²) >= 11 is 0. The molecule has 0 rings (SSSR count). The fourth-order valence-electron chi connectivity index (χ4n) is 1.20. The highest BCUT2D eigenvalue weighted by atomic mass is 16.5. The van der Waals surface area contributed by atoms with Gasteiger partial charge in [0.25, 0.3) is 5.91 Å². The molecule has 0 bridgehead atoms. The van der Waals surface area contributed by atoms with Crippen LogP contribution in [0.3, 0.4) is 0 Å². The minimum atomic E-state index is -0.401. The summed E-state index contributed by atoms with van der Waals surface area (Å²) in [5.41, 5.74) is 0. The van der Waals surface area contributed by atoms with Crippen LogP contribution in [-0.2, 0) is 14.3 Å². The van der Waals surface area contributed by atoms with Gasteiger partial charge in [-0.05, 0) is 20.9 Å². The molecule has 16 heavy (non-hydrogen) atoms. The molecule has 0 aromatic heterocycles. The van der Waals surface area contributed by atoms with Gasteiger partial charge in [-0.15, -0.1) is 0 Å². The standard InChI is InChI=1S/C11H24N2O3/c1-5-15-8-9-16-10(2)11(14)13(4)7-6-12-3/h10,12H,5-9H2,1-4H3. The van der Waals surface area contributed by atoms with E-state index in [1.54, 1.807) is 18.9 Å². The second kappa shape index (κ2) is 9.57. The van der Waals surface area contributed by atoms with Crippen LogP contribution in [0.4, 0.5) is 0 Å². The first kappa shape index (κ1) is 15.3. The Balaban J connectivity index is 3.70. The number of likely N-dealkylation sites (N-methyl/N-ethyl adjacent to an activating group) is 2. The largest absolute Gasteiger partial charge is 0.379 e. The third kappa shape index (κ3) is 6.76. The smallest absolute Gasteiger partial charge is 0.251 e. The van der Waals surface area contributed by atoms with Gasteiger partial charge in [0.05, 0.1) is 13.2 Å². The summed E-state index contributed by atoms with van der Waals surface area (Å²) in [6.07, 6.45) is -0.401. The number of rotatable bonds is 9. The highest BCUT2D eigenvalue weighted by Gasteiger charge is 2.17. The fourth-order valence-corrected chi connectivity index (χ4v) is 1.20. The second-order valence-corrected chi connectivity index (χ2v) is 3.57. The van der Waals surface area contributed by atoms with Crippen molar-refractivity contribution in [1.29, 1.82) is 0 Å². The molecular weight excluding hydrogens is 208 g/mol. The lowest BCUT2D eigenvalue weighted by atomic mass is 10.3. The van der Waals surface area contributed by atoms with Crippen LogP contribution in [-0.4, -0.2) is 63.9 Å². The summed E-state index contributed by atoms with van der Waals surface area (Å²) in [5, 5.41) is 3.00. The molecule has 0 saturated carbocycles. The monoisotopic (exact) mass is 232 g/mol. The topological polar surface area (TPSA) is 50.8 Å². The van der Waals surface area contributed by atoms with Crippen molar-refractivity contribution in [2.45, 2.75) is 20.0 Å². The molecule has 1 atom stereocenters. The van der Waals surface area contributed by atoms with Crippen molar-refractivity contribution in [3.05, 3.63) is 0 Å². The molecule has 0 aromatic carbocycles. The van der Waals surface area contributed by atoms with Crippen LogP contribution in [0.1, 0.15) is 13.8 Å². The molecule has 0 aliphatic rings. The maximum Gasteiger partial charge on any atom is 0.251 e. The van der Waals surface area contributed by atoms with Gasteiger partial charge in [0.15, 0.2) is 0 Å². The van der Waals surface area contributed by atoms with Gasteiger partial charge in [-0.1, -0.05) is 0 Å². The Bertz CT molecular complexity index is 188. The SMILES string of the molecule is CCOCCOC(C)C(=O)N(C)CCNC. The predicted molar refractivity (Wildman–Crippen MR) is 63.5 cm³/mol. The molecular formula is C11H24N2O3. The van der Waals surface area contributed by atoms with E-state index in [0.717, 1.165) is 6.54 Å². The van der Waals surface area contributed by atoms with Crippen LogP contribution < -0.4 is 5.32 Å². The van der Waals surface area contributed by atoms with Crippen molar-refractivity contribution in [3.8, 4) is 0 Å². The average molecular weight is 232 g/mol. The molecule has 0 fully saturated rings. The lowest BCUT2D eigenvalue weighted by molar-refractivity contribution is -0.142. The summed E-state index contributed by atoms with van der Waals surface area (Å²) in [5.74, 6) is 0.00625. The molecule has 1 N–H and O–H groups in total. The van der Waals surface area contributed by atoms with Gasteiger partial charge in [-0.25, -0.2) is 0 Å². The molecule has 0 aliphatic carbocycles. The lowest BCUT2D eigenvalue weighted by Gasteiger charge is -2.21. The summed E-state index contributed by atoms with van der Waals surface area (Å²) < 4.78 is 10.5. The molecule has 0 heterocycles. The maximum atomic E-state index is 11.7. The van der Waals surface area contributed by atoms with E-state index in [0.29, 0.717) is 26.4 Å². The van der Waals surface area contributed by atoms with Crippen molar-refractivity contribution in [2.24, 2.45) is 0 Å². The number of nitrogens with zero attached hydrogens (tertiary/aromatic N) is 1. The van der Waals surface area contributed by atoms with E-state index < -0.39 is 6.10 Å². The zero-order valence-corrected chi connectivity index (χ0v) is 10.8. The first-order chi connectivity index (χ1) is 7.63. The zero-order valence-electron chi connectivity index (χ0n) is 10.8. The third-order valence-electron chi connectivity index (χ3n) is 2.22. The molecule has 0 radical (unpaired) electrons. The van der Waals surface area contributed by atoms with Gasteiger partial charge >= 0.3 is 0 Å². The van der Waals surface area contributed by atoms with Crippen LogP contribution >= 0.6 is 0 Å². The third-order valence-corrected chi connectivity index (χ3v) is 2.22. The molecule has 0 saturated heterocycles. The van der Waals surface area contributed by atoms with E-state index in [1.165, 1.54) is 0 Å². The molecule has 96 valence electrons. The van der Waals surface area contributed by atoms with E-state index in [-0.39, 0.29) is 5.91 Å². The first-order valence-electron chi connectivity index (χ1n) is 5.72. The molecule has 0 aromatic rings. The van der Waals surface area contributed by atoms with Gasteiger partial charge in [0, 0.05) is 26.7 Å². The Kier molecular flexibility index (Phi) is 9.18. The van der Waals surface area contributed by atoms with E-state index in [2.05, 4.69) is 5.32 Å². The number of carbonyl (C=O) groups is 1. The molecule has 5 nitrogen and oxygen atoms in total. The summed E-state index contributed by atoms with van der Waals surface area (Å²) in [7, 11) is 3.64. The fraction of sp³-hybridized carbons (Fsp3) is 0.909. The molecule has 0 spiro atoms. The number of carbonyl (C=O) groups excluding carboxylic acids is 1. The maximum absolute atomic E-state index is 11.7. The summed E-state index contributed by atoms with van der Waals surface area (Å²) in [6, 6.07) is 0. The van der Waals surface area contributed by atoms with E-state index in [4.69, 9.17) is 9.47 Å². The van der Waals surface area contributed by atoms with Crippen LogP contribution in [0, 0.1) is 0 Å². The van der Waals surface area contributed by atoms with Crippen molar-refractivity contribution in [3.63, 3.8) is 0 Å². The number of hydrogen-bond donors (Lipinski definition) is 1. The first-order valence-corrected chi connectivity index (χ1v) is 5.72. The van der Waals surface area contributed by atoms with Gasteiger partial charge < -0.3 is 19.7 Å². The Labute approximate surface area is 98.1 Å². The average Bonchev–Trinajstić information content (AvgIpc) is 2.30. The van der Waals surface area contributed by atoms with Crippen LogP contribution in [0.25, 0.3) is 0 Å². The van der Waals surface area contributed by atoms with Gasteiger partial charge in [-0.3, -0.25) is 4.79 Å². The van der Waals surface area contributed by atoms with Crippen molar-refractivity contribution in [1.82, 2.24) is 10.2 Å². The summed E-state index contributed by atoms with van der Waals surface area (Å²) in [6.45, 7) is 6.84. The number of amides is 1. The zero-order chi connectivity index (χ0) is 12.4.